The van der Waals surface area contributed by atoms with Crippen molar-refractivity contribution in [2.24, 2.45) is 11.5 Å². The first-order valence-corrected chi connectivity index (χ1v) is 5.02. The number of nitrogens with two attached hydrogens (primary N) is 2. The van der Waals surface area contributed by atoms with Crippen LogP contribution < -0.4 is 22.1 Å². The van der Waals surface area contributed by atoms with E-state index >= 15 is 0 Å². The normalized spacial score (nSPS) is 14.3. The molecule has 0 bridgehead atoms. The summed E-state index contributed by atoms with van der Waals surface area (Å²) in [4.78, 5) is 22.2. The van der Waals surface area contributed by atoms with Crippen LogP contribution in [0.25, 0.3) is 0 Å². The lowest BCUT2D eigenvalue weighted by Gasteiger charge is -2.18. The molecule has 6 N–H and O–H groups in total. The van der Waals surface area contributed by atoms with Crippen LogP contribution in [0.5, 0.6) is 0 Å². The summed E-state index contributed by atoms with van der Waals surface area (Å²) in [5.41, 5.74) is 10.7. The van der Waals surface area contributed by atoms with Gasteiger partial charge < -0.3 is 26.9 Å². The third-order valence-corrected chi connectivity index (χ3v) is 2.09. The van der Waals surface area contributed by atoms with E-state index in [4.69, 9.17) is 11.5 Å². The Morgan fingerprint density at radius 2 is 1.93 bits per heavy atom. The van der Waals surface area contributed by atoms with Crippen molar-refractivity contribution < 1.29 is 9.59 Å². The van der Waals surface area contributed by atoms with Crippen molar-refractivity contribution in [3.63, 3.8) is 0 Å². The molecule has 0 saturated carbocycles. The number of hydrogen-bond donors (Lipinski definition) is 4. The second kappa shape index (κ2) is 8.34. The molecule has 0 aliphatic rings. The number of aldehydes is 1. The van der Waals surface area contributed by atoms with Crippen LogP contribution in [-0.4, -0.2) is 44.4 Å². The van der Waals surface area contributed by atoms with Gasteiger partial charge in [-0.1, -0.05) is 0 Å². The van der Waals surface area contributed by atoms with Crippen molar-refractivity contribution in [1.29, 1.82) is 0 Å². The lowest BCUT2D eigenvalue weighted by atomic mass is 10.1. The third kappa shape index (κ3) is 5.46. The second-order valence-corrected chi connectivity index (χ2v) is 3.25. The summed E-state index contributed by atoms with van der Waals surface area (Å²) < 4.78 is 0. The van der Waals surface area contributed by atoms with E-state index in [2.05, 4.69) is 10.6 Å². The Kier molecular flexibility index (Phi) is 7.79. The highest BCUT2D eigenvalue weighted by Gasteiger charge is 2.18. The fourth-order valence-electron chi connectivity index (χ4n) is 1.21. The minimum Gasteiger partial charge on any atom is -0.345 e. The molecule has 6 nitrogen and oxygen atoms in total. The zero-order chi connectivity index (χ0) is 11.7. The molecule has 2 atom stereocenters. The molecular weight excluding hydrogens is 196 g/mol. The van der Waals surface area contributed by atoms with E-state index in [1.807, 2.05) is 0 Å². The van der Waals surface area contributed by atoms with Crippen molar-refractivity contribution in [2.75, 3.05) is 20.1 Å². The van der Waals surface area contributed by atoms with Gasteiger partial charge in [-0.2, -0.15) is 0 Å². The molecule has 0 fully saturated rings. The maximum absolute atomic E-state index is 11.6. The van der Waals surface area contributed by atoms with E-state index in [1.54, 1.807) is 7.05 Å². The molecule has 0 unspecified atom stereocenters. The first-order chi connectivity index (χ1) is 7.19. The highest BCUT2D eigenvalue weighted by Crippen LogP contribution is 1.92. The fraction of sp³-hybridized carbons (Fsp3) is 0.778. The van der Waals surface area contributed by atoms with E-state index in [-0.39, 0.29) is 11.9 Å². The second-order valence-electron chi connectivity index (χ2n) is 3.25. The van der Waals surface area contributed by atoms with Crippen molar-refractivity contribution >= 4 is 12.2 Å². The van der Waals surface area contributed by atoms with Crippen LogP contribution in [-0.2, 0) is 9.59 Å². The molecule has 0 spiro atoms. The van der Waals surface area contributed by atoms with E-state index in [9.17, 15) is 9.59 Å². The van der Waals surface area contributed by atoms with Crippen LogP contribution in [0.1, 0.15) is 12.8 Å². The maximum atomic E-state index is 11.6. The number of hydrogen-bond acceptors (Lipinski definition) is 5. The molecule has 0 aromatic heterocycles. The number of amides is 1. The molecule has 1 amide bonds. The summed E-state index contributed by atoms with van der Waals surface area (Å²) in [5.74, 6) is -0.214. The summed E-state index contributed by atoms with van der Waals surface area (Å²) >= 11 is 0. The van der Waals surface area contributed by atoms with Gasteiger partial charge >= 0.3 is 0 Å². The number of carbonyl (C=O) groups is 2. The van der Waals surface area contributed by atoms with Gasteiger partial charge in [0.25, 0.3) is 0 Å². The predicted octanol–water partition coefficient (Wildman–Crippen LogP) is -2.04. The van der Waals surface area contributed by atoms with Gasteiger partial charge in [0.15, 0.2) is 0 Å². The Balaban J connectivity index is 4.11. The number of likely N-dealkylation sites (N-methyl/N-ethyl adjacent to an activating group) is 1. The summed E-state index contributed by atoms with van der Waals surface area (Å²) in [6.45, 7) is 0.784. The van der Waals surface area contributed by atoms with Gasteiger partial charge in [-0.3, -0.25) is 4.79 Å². The number of nitrogens with one attached hydrogen (secondary N) is 2. The van der Waals surface area contributed by atoms with Crippen molar-refractivity contribution in [2.45, 2.75) is 24.9 Å². The molecule has 15 heavy (non-hydrogen) atoms. The molecule has 88 valence electrons. The largest absolute Gasteiger partial charge is 0.345 e. The summed E-state index contributed by atoms with van der Waals surface area (Å²) in [5, 5.41) is 5.43. The fourth-order valence-corrected chi connectivity index (χ4v) is 1.21. The van der Waals surface area contributed by atoms with Gasteiger partial charge in [0.1, 0.15) is 6.29 Å². The van der Waals surface area contributed by atoms with Crippen LogP contribution in [0.15, 0.2) is 0 Å². The van der Waals surface area contributed by atoms with Gasteiger partial charge in [0, 0.05) is 0 Å². The van der Waals surface area contributed by atoms with Crippen LogP contribution in [0.4, 0.5) is 0 Å². The summed E-state index contributed by atoms with van der Waals surface area (Å²) in [6.07, 6.45) is 1.69. The van der Waals surface area contributed by atoms with E-state index < -0.39 is 6.04 Å². The van der Waals surface area contributed by atoms with Crippen LogP contribution in [0, 0.1) is 0 Å². The Morgan fingerprint density at radius 3 is 2.33 bits per heavy atom. The Hall–Kier alpha value is -0.980. The standard InChI is InChI=1S/C9H20N4O2/c1-12-8(3-5-11)9(15)13-7(6-14)2-4-10/h6-8,12H,2-5,10-11H2,1H3,(H,13,15)/t7-,8-/m0/s1. The van der Waals surface area contributed by atoms with Gasteiger partial charge in [0.05, 0.1) is 12.1 Å². The minimum atomic E-state index is -0.504. The molecule has 0 aromatic carbocycles. The molecule has 0 rings (SSSR count). The maximum Gasteiger partial charge on any atom is 0.237 e. The van der Waals surface area contributed by atoms with Crippen molar-refractivity contribution in [1.82, 2.24) is 10.6 Å². The molecule has 0 aliphatic carbocycles. The number of rotatable bonds is 8. The molecule has 0 heterocycles. The van der Waals surface area contributed by atoms with Gasteiger partial charge in [-0.05, 0) is 33.0 Å². The average Bonchev–Trinajstić information content (AvgIpc) is 2.24. The van der Waals surface area contributed by atoms with Gasteiger partial charge in [0.2, 0.25) is 5.91 Å². The minimum absolute atomic E-state index is 0.214. The van der Waals surface area contributed by atoms with Gasteiger partial charge in [-0.25, -0.2) is 0 Å². The molecule has 0 aromatic rings. The lowest BCUT2D eigenvalue weighted by molar-refractivity contribution is -0.125. The SMILES string of the molecule is CN[C@@H](CCN)C(=O)N[C@H](C=O)CCN. The monoisotopic (exact) mass is 216 g/mol. The smallest absolute Gasteiger partial charge is 0.237 e. The van der Waals surface area contributed by atoms with Crippen LogP contribution in [0.2, 0.25) is 0 Å². The first-order valence-electron chi connectivity index (χ1n) is 5.02. The average molecular weight is 216 g/mol. The topological polar surface area (TPSA) is 110 Å². The first kappa shape index (κ1) is 14.0. The third-order valence-electron chi connectivity index (χ3n) is 2.09. The van der Waals surface area contributed by atoms with E-state index in [0.717, 1.165) is 0 Å². The Bertz CT molecular complexity index is 199. The van der Waals surface area contributed by atoms with E-state index in [0.29, 0.717) is 32.2 Å². The van der Waals surface area contributed by atoms with E-state index in [1.165, 1.54) is 0 Å². The zero-order valence-corrected chi connectivity index (χ0v) is 9.03. The Morgan fingerprint density at radius 1 is 1.33 bits per heavy atom. The summed E-state index contributed by atoms with van der Waals surface area (Å²) in [6, 6.07) is -0.855. The number of carbonyl (C=O) groups excluding carboxylic acids is 2. The molecule has 0 aliphatic heterocycles. The van der Waals surface area contributed by atoms with Crippen molar-refractivity contribution in [3.05, 3.63) is 0 Å². The summed E-state index contributed by atoms with van der Waals surface area (Å²) in [7, 11) is 1.68. The predicted molar refractivity (Wildman–Crippen MR) is 58.2 cm³/mol. The lowest BCUT2D eigenvalue weighted by Crippen LogP contribution is -2.48. The highest BCUT2D eigenvalue weighted by atomic mass is 16.2. The highest BCUT2D eigenvalue weighted by molar-refractivity contribution is 5.84. The molecule has 0 radical (unpaired) electrons. The molecule has 6 heteroatoms. The molecule has 0 saturated heterocycles. The van der Waals surface area contributed by atoms with Crippen molar-refractivity contribution in [3.8, 4) is 0 Å². The molecular formula is C9H20N4O2. The quantitative estimate of drug-likeness (QED) is 0.349. The van der Waals surface area contributed by atoms with Gasteiger partial charge in [-0.15, -0.1) is 0 Å². The zero-order valence-electron chi connectivity index (χ0n) is 9.03. The van der Waals surface area contributed by atoms with Crippen LogP contribution in [0.3, 0.4) is 0 Å². The Labute approximate surface area is 89.8 Å². The van der Waals surface area contributed by atoms with Crippen LogP contribution >= 0.6 is 0 Å².